The summed E-state index contributed by atoms with van der Waals surface area (Å²) in [6.45, 7) is 0.593. The predicted molar refractivity (Wildman–Crippen MR) is 94.2 cm³/mol. The minimum Gasteiger partial charge on any atom is -0.337 e. The minimum atomic E-state index is -0.244. The van der Waals surface area contributed by atoms with Gasteiger partial charge in [0.25, 0.3) is 0 Å². The van der Waals surface area contributed by atoms with Crippen molar-refractivity contribution in [2.24, 2.45) is 0 Å². The normalized spacial score (nSPS) is 20.2. The smallest absolute Gasteiger partial charge is 0.320 e. The fraction of sp³-hybridized carbons (Fsp3) is 0.333. The lowest BCUT2D eigenvalue weighted by Crippen LogP contribution is -2.42. The van der Waals surface area contributed by atoms with Gasteiger partial charge >= 0.3 is 6.03 Å². The fourth-order valence-corrected chi connectivity index (χ4v) is 4.23. The molecule has 5 nitrogen and oxygen atoms in total. The maximum absolute atomic E-state index is 12.4. The number of urea groups is 1. The van der Waals surface area contributed by atoms with Gasteiger partial charge in [0.2, 0.25) is 5.91 Å². The summed E-state index contributed by atoms with van der Waals surface area (Å²) in [5, 5.41) is 8.43. The molecule has 0 saturated carbocycles. The summed E-state index contributed by atoms with van der Waals surface area (Å²) in [7, 11) is 0. The molecular weight excluding hydrogens is 322 g/mol. The molecule has 0 bridgehead atoms. The molecule has 1 aliphatic heterocycles. The molecular formula is C18H19N3O2S. The maximum Gasteiger partial charge on any atom is 0.320 e. The van der Waals surface area contributed by atoms with Crippen molar-refractivity contribution in [2.75, 3.05) is 11.9 Å². The van der Waals surface area contributed by atoms with Crippen LogP contribution in [0.4, 0.5) is 9.80 Å². The summed E-state index contributed by atoms with van der Waals surface area (Å²) in [5.74, 6) is 0.134. The highest BCUT2D eigenvalue weighted by Gasteiger charge is 2.37. The summed E-state index contributed by atoms with van der Waals surface area (Å²) < 4.78 is 0. The standard InChI is InChI=1S/C18H19N3O2S/c22-17-10-14(19-18(23)20-16-6-3-7-24-16)11-21(17)15-8-12-4-1-2-5-13(12)9-15/h1-7,14-15H,8-11H2,(H2,19,20,23)/t14-/m1/s1. The van der Waals surface area contributed by atoms with E-state index < -0.39 is 0 Å². The number of likely N-dealkylation sites (tertiary alicyclic amines) is 1. The number of rotatable bonds is 3. The molecule has 6 heteroatoms. The molecule has 2 aromatic rings. The number of anilines is 1. The van der Waals surface area contributed by atoms with Crippen LogP contribution in [0.3, 0.4) is 0 Å². The monoisotopic (exact) mass is 341 g/mol. The molecule has 1 saturated heterocycles. The Morgan fingerprint density at radius 2 is 1.83 bits per heavy atom. The molecule has 1 fully saturated rings. The minimum absolute atomic E-state index is 0.124. The summed E-state index contributed by atoms with van der Waals surface area (Å²) >= 11 is 1.47. The van der Waals surface area contributed by atoms with Crippen LogP contribution in [0.1, 0.15) is 17.5 Å². The molecule has 0 spiro atoms. The molecule has 3 amide bonds. The number of amides is 3. The lowest BCUT2D eigenvalue weighted by atomic mass is 10.1. The van der Waals surface area contributed by atoms with E-state index in [1.165, 1.54) is 22.5 Å². The van der Waals surface area contributed by atoms with Crippen molar-refractivity contribution >= 4 is 28.3 Å². The van der Waals surface area contributed by atoms with Crippen molar-refractivity contribution in [1.29, 1.82) is 0 Å². The van der Waals surface area contributed by atoms with Crippen LogP contribution in [0.2, 0.25) is 0 Å². The first-order valence-electron chi connectivity index (χ1n) is 8.16. The maximum atomic E-state index is 12.4. The molecule has 2 N–H and O–H groups in total. The van der Waals surface area contributed by atoms with Gasteiger partial charge in [0.15, 0.2) is 0 Å². The molecule has 2 heterocycles. The summed E-state index contributed by atoms with van der Waals surface area (Å²) in [6, 6.07) is 12.0. The average molecular weight is 341 g/mol. The SMILES string of the molecule is O=C(Nc1cccs1)N[C@@H]1CC(=O)N(C2Cc3ccccc3C2)C1. The van der Waals surface area contributed by atoms with Crippen molar-refractivity contribution in [3.05, 3.63) is 52.9 Å². The van der Waals surface area contributed by atoms with Gasteiger partial charge in [-0.2, -0.15) is 0 Å². The number of nitrogens with zero attached hydrogens (tertiary/aromatic N) is 1. The molecule has 0 unspecified atom stereocenters. The van der Waals surface area contributed by atoms with E-state index in [0.29, 0.717) is 13.0 Å². The molecule has 2 aliphatic rings. The molecule has 124 valence electrons. The number of thiophene rings is 1. The second-order valence-corrected chi connectivity index (χ2v) is 7.30. The van der Waals surface area contributed by atoms with Crippen LogP contribution in [0.15, 0.2) is 41.8 Å². The van der Waals surface area contributed by atoms with Crippen LogP contribution >= 0.6 is 11.3 Å². The zero-order chi connectivity index (χ0) is 16.5. The highest BCUT2D eigenvalue weighted by atomic mass is 32.1. The van der Waals surface area contributed by atoms with Crippen molar-refractivity contribution in [2.45, 2.75) is 31.3 Å². The number of benzene rings is 1. The van der Waals surface area contributed by atoms with E-state index in [1.54, 1.807) is 0 Å². The van der Waals surface area contributed by atoms with Crippen LogP contribution in [-0.2, 0) is 17.6 Å². The van der Waals surface area contributed by atoms with Gasteiger partial charge in [0, 0.05) is 19.0 Å². The van der Waals surface area contributed by atoms with Crippen molar-refractivity contribution in [3.63, 3.8) is 0 Å². The van der Waals surface area contributed by atoms with E-state index in [4.69, 9.17) is 0 Å². The average Bonchev–Trinajstić information content (AvgIpc) is 3.26. The van der Waals surface area contributed by atoms with Gasteiger partial charge in [-0.05, 0) is 41.5 Å². The van der Waals surface area contributed by atoms with Gasteiger partial charge in [0.05, 0.1) is 11.0 Å². The van der Waals surface area contributed by atoms with E-state index in [2.05, 4.69) is 22.8 Å². The first-order chi connectivity index (χ1) is 11.7. The van der Waals surface area contributed by atoms with Gasteiger partial charge < -0.3 is 10.2 Å². The Bertz CT molecular complexity index is 734. The molecule has 1 aromatic carbocycles. The van der Waals surface area contributed by atoms with Gasteiger partial charge in [-0.1, -0.05) is 24.3 Å². The Kier molecular flexibility index (Phi) is 3.98. The Balaban J connectivity index is 1.35. The van der Waals surface area contributed by atoms with Crippen molar-refractivity contribution < 1.29 is 9.59 Å². The molecule has 1 atom stereocenters. The van der Waals surface area contributed by atoms with Gasteiger partial charge in [-0.25, -0.2) is 4.79 Å². The zero-order valence-electron chi connectivity index (χ0n) is 13.2. The van der Waals surface area contributed by atoms with E-state index >= 15 is 0 Å². The molecule has 1 aliphatic carbocycles. The number of hydrogen-bond donors (Lipinski definition) is 2. The third kappa shape index (κ3) is 3.01. The highest BCUT2D eigenvalue weighted by Crippen LogP contribution is 2.28. The third-order valence-corrected chi connectivity index (χ3v) is 5.51. The lowest BCUT2D eigenvalue weighted by molar-refractivity contribution is -0.129. The summed E-state index contributed by atoms with van der Waals surface area (Å²) in [5.41, 5.74) is 2.67. The molecule has 0 radical (unpaired) electrons. The first-order valence-corrected chi connectivity index (χ1v) is 9.04. The Labute approximate surface area is 144 Å². The molecule has 24 heavy (non-hydrogen) atoms. The summed E-state index contributed by atoms with van der Waals surface area (Å²) in [6.07, 6.45) is 2.21. The topological polar surface area (TPSA) is 61.4 Å². The predicted octanol–water partition coefficient (Wildman–Crippen LogP) is 2.64. The number of carbonyl (C=O) groups excluding carboxylic acids is 2. The largest absolute Gasteiger partial charge is 0.337 e. The van der Waals surface area contributed by atoms with E-state index in [0.717, 1.165) is 17.8 Å². The second-order valence-electron chi connectivity index (χ2n) is 6.35. The van der Waals surface area contributed by atoms with Gasteiger partial charge in [-0.15, -0.1) is 11.3 Å². The van der Waals surface area contributed by atoms with Crippen LogP contribution in [-0.4, -0.2) is 35.5 Å². The van der Waals surface area contributed by atoms with Crippen LogP contribution < -0.4 is 10.6 Å². The number of fused-ring (bicyclic) bond motifs is 1. The molecule has 1 aromatic heterocycles. The lowest BCUT2D eigenvalue weighted by Gasteiger charge is -2.24. The number of carbonyl (C=O) groups is 2. The van der Waals surface area contributed by atoms with Crippen molar-refractivity contribution in [1.82, 2.24) is 10.2 Å². The van der Waals surface area contributed by atoms with Crippen LogP contribution in [0.25, 0.3) is 0 Å². The second kappa shape index (κ2) is 6.28. The van der Waals surface area contributed by atoms with E-state index in [1.807, 2.05) is 34.5 Å². The highest BCUT2D eigenvalue weighted by molar-refractivity contribution is 7.14. The first kappa shape index (κ1) is 15.2. The third-order valence-electron chi connectivity index (χ3n) is 4.72. The summed E-state index contributed by atoms with van der Waals surface area (Å²) in [4.78, 5) is 26.4. The van der Waals surface area contributed by atoms with Gasteiger partial charge in [-0.3, -0.25) is 10.1 Å². The van der Waals surface area contributed by atoms with E-state index in [-0.39, 0.29) is 24.0 Å². The Morgan fingerprint density at radius 3 is 2.50 bits per heavy atom. The zero-order valence-corrected chi connectivity index (χ0v) is 14.0. The van der Waals surface area contributed by atoms with E-state index in [9.17, 15) is 9.59 Å². The number of nitrogens with one attached hydrogen (secondary N) is 2. The number of hydrogen-bond acceptors (Lipinski definition) is 3. The van der Waals surface area contributed by atoms with Crippen molar-refractivity contribution in [3.8, 4) is 0 Å². The Morgan fingerprint density at radius 1 is 1.08 bits per heavy atom. The van der Waals surface area contributed by atoms with Crippen LogP contribution in [0.5, 0.6) is 0 Å². The van der Waals surface area contributed by atoms with Gasteiger partial charge in [0.1, 0.15) is 0 Å². The van der Waals surface area contributed by atoms with Crippen LogP contribution in [0, 0.1) is 0 Å². The fourth-order valence-electron chi connectivity index (χ4n) is 3.62. The molecule has 4 rings (SSSR count). The Hall–Kier alpha value is -2.34. The quantitative estimate of drug-likeness (QED) is 0.901.